The van der Waals surface area contributed by atoms with Crippen LogP contribution in [0.5, 0.6) is 0 Å². The summed E-state index contributed by atoms with van der Waals surface area (Å²) in [5.41, 5.74) is 4.92. The summed E-state index contributed by atoms with van der Waals surface area (Å²) < 4.78 is 24.4. The number of halogens is 1. The van der Waals surface area contributed by atoms with E-state index in [4.69, 9.17) is 14.5 Å². The van der Waals surface area contributed by atoms with Gasteiger partial charge in [0.2, 0.25) is 5.91 Å². The Bertz CT molecular complexity index is 1190. The number of aliphatic imine (C=N–C) groups is 2. The Labute approximate surface area is 245 Å². The summed E-state index contributed by atoms with van der Waals surface area (Å²) in [6.45, 7) is 4.19. The number of piperidine rings is 1. The Balaban J connectivity index is 1.22. The van der Waals surface area contributed by atoms with Gasteiger partial charge in [-0.1, -0.05) is 6.08 Å². The molecule has 0 saturated carbocycles. The first-order valence-corrected chi connectivity index (χ1v) is 15.3. The second-order valence-corrected chi connectivity index (χ2v) is 11.4. The van der Waals surface area contributed by atoms with Crippen molar-refractivity contribution in [2.75, 3.05) is 33.9 Å². The summed E-state index contributed by atoms with van der Waals surface area (Å²) in [7, 11) is 3.41. The molecule has 0 radical (unpaired) electrons. The van der Waals surface area contributed by atoms with Crippen LogP contribution in [0.3, 0.4) is 0 Å². The van der Waals surface area contributed by atoms with Gasteiger partial charge in [-0.25, -0.2) is 4.39 Å². The van der Waals surface area contributed by atoms with Crippen LogP contribution < -0.4 is 0 Å². The van der Waals surface area contributed by atoms with Crippen LogP contribution in [0.25, 0.3) is 0 Å². The Morgan fingerprint density at radius 1 is 1.07 bits per heavy atom. The van der Waals surface area contributed by atoms with Crippen LogP contribution in [-0.2, 0) is 14.3 Å². The Morgan fingerprint density at radius 3 is 2.63 bits per heavy atom. The van der Waals surface area contributed by atoms with Gasteiger partial charge in [-0.2, -0.15) is 0 Å². The molecule has 222 valence electrons. The number of benzene rings is 1. The largest absolute Gasteiger partial charge is 0.495 e. The molecule has 0 N–H and O–H groups in total. The van der Waals surface area contributed by atoms with Crippen LogP contribution in [0.2, 0.25) is 0 Å². The standard InChI is InChI=1S/C34H46FN3O3/c1-25-22-28(14-16-31(25)35)33-23-27(8-7-21-40-2)32(37-33)11-6-12-34(39)38-19-17-26(18-20-38)13-15-29-9-4-5-10-30(41-3)24-36-29/h9-10,14,16,22-24,26,32H,4-8,11-13,15,17-21H2,1-3H3. The lowest BCUT2D eigenvalue weighted by Gasteiger charge is -2.32. The molecule has 3 aliphatic heterocycles. The predicted octanol–water partition coefficient (Wildman–Crippen LogP) is 7.13. The quantitative estimate of drug-likeness (QED) is 0.240. The van der Waals surface area contributed by atoms with Crippen molar-refractivity contribution in [2.24, 2.45) is 15.9 Å². The van der Waals surface area contributed by atoms with E-state index in [2.05, 4.69) is 28.1 Å². The van der Waals surface area contributed by atoms with Gasteiger partial charge in [0.15, 0.2) is 0 Å². The molecular weight excluding hydrogens is 517 g/mol. The number of likely N-dealkylation sites (tertiary alicyclic amines) is 1. The number of carbonyl (C=O) groups is 1. The van der Waals surface area contributed by atoms with E-state index >= 15 is 0 Å². The van der Waals surface area contributed by atoms with E-state index in [1.165, 1.54) is 11.6 Å². The number of hydrogen-bond donors (Lipinski definition) is 0. The molecule has 1 atom stereocenters. The molecule has 1 amide bonds. The van der Waals surface area contributed by atoms with Crippen LogP contribution in [0.4, 0.5) is 4.39 Å². The number of methoxy groups -OCH3 is 2. The van der Waals surface area contributed by atoms with Gasteiger partial charge >= 0.3 is 0 Å². The normalized spacial score (nSPS) is 19.7. The maximum Gasteiger partial charge on any atom is 0.222 e. The fourth-order valence-corrected chi connectivity index (χ4v) is 5.89. The predicted molar refractivity (Wildman–Crippen MR) is 164 cm³/mol. The number of ether oxygens (including phenoxy) is 2. The highest BCUT2D eigenvalue weighted by Crippen LogP contribution is 2.29. The molecule has 0 aliphatic carbocycles. The zero-order chi connectivity index (χ0) is 29.0. The van der Waals surface area contributed by atoms with Gasteiger partial charge in [0, 0.05) is 44.5 Å². The highest BCUT2D eigenvalue weighted by molar-refractivity contribution is 6.10. The van der Waals surface area contributed by atoms with Crippen molar-refractivity contribution in [3.8, 4) is 0 Å². The van der Waals surface area contributed by atoms with Crippen molar-refractivity contribution in [3.63, 3.8) is 0 Å². The lowest BCUT2D eigenvalue weighted by atomic mass is 9.91. The third-order valence-electron chi connectivity index (χ3n) is 8.44. The molecule has 1 aromatic rings. The maximum atomic E-state index is 13.8. The van der Waals surface area contributed by atoms with Crippen molar-refractivity contribution in [2.45, 2.75) is 83.6 Å². The van der Waals surface area contributed by atoms with Crippen molar-refractivity contribution >= 4 is 17.8 Å². The van der Waals surface area contributed by atoms with Crippen molar-refractivity contribution in [1.82, 2.24) is 4.90 Å². The molecule has 1 fully saturated rings. The topological polar surface area (TPSA) is 63.5 Å². The number of nitrogens with zero attached hydrogens (tertiary/aromatic N) is 3. The third-order valence-corrected chi connectivity index (χ3v) is 8.44. The highest BCUT2D eigenvalue weighted by atomic mass is 19.1. The van der Waals surface area contributed by atoms with Gasteiger partial charge in [-0.05, 0) is 119 Å². The minimum Gasteiger partial charge on any atom is -0.495 e. The minimum atomic E-state index is -0.198. The van der Waals surface area contributed by atoms with Crippen molar-refractivity contribution < 1.29 is 18.7 Å². The number of rotatable bonds is 13. The van der Waals surface area contributed by atoms with E-state index in [1.54, 1.807) is 27.2 Å². The molecule has 41 heavy (non-hydrogen) atoms. The average Bonchev–Trinajstić information content (AvgIpc) is 3.37. The van der Waals surface area contributed by atoms with E-state index in [-0.39, 0.29) is 17.8 Å². The molecule has 1 aromatic carbocycles. The number of hydrogen-bond acceptors (Lipinski definition) is 5. The number of aryl methyl sites for hydroxylation is 1. The summed E-state index contributed by atoms with van der Waals surface area (Å²) in [4.78, 5) is 24.7. The molecule has 4 rings (SSSR count). The first-order chi connectivity index (χ1) is 20.0. The summed E-state index contributed by atoms with van der Waals surface area (Å²) >= 11 is 0. The van der Waals surface area contributed by atoms with Gasteiger partial charge in [0.05, 0.1) is 25.1 Å². The Morgan fingerprint density at radius 2 is 1.88 bits per heavy atom. The van der Waals surface area contributed by atoms with Crippen LogP contribution >= 0.6 is 0 Å². The fourth-order valence-electron chi connectivity index (χ4n) is 5.89. The van der Waals surface area contributed by atoms with Crippen LogP contribution in [0, 0.1) is 18.7 Å². The summed E-state index contributed by atoms with van der Waals surface area (Å²) in [5.74, 6) is 1.54. The van der Waals surface area contributed by atoms with Gasteiger partial charge in [0.25, 0.3) is 0 Å². The van der Waals surface area contributed by atoms with E-state index in [0.717, 1.165) is 100 Å². The van der Waals surface area contributed by atoms with Gasteiger partial charge in [0.1, 0.15) is 11.6 Å². The maximum absolute atomic E-state index is 13.8. The first-order valence-electron chi connectivity index (χ1n) is 15.3. The average molecular weight is 564 g/mol. The molecular formula is C34H46FN3O3. The number of allylic oxidation sites excluding steroid dienone is 5. The molecule has 0 bridgehead atoms. The smallest absolute Gasteiger partial charge is 0.222 e. The second-order valence-electron chi connectivity index (χ2n) is 11.4. The van der Waals surface area contributed by atoms with Crippen LogP contribution in [0.1, 0.15) is 81.8 Å². The lowest BCUT2D eigenvalue weighted by molar-refractivity contribution is -0.132. The van der Waals surface area contributed by atoms with Gasteiger partial charge in [-0.15, -0.1) is 0 Å². The van der Waals surface area contributed by atoms with Crippen molar-refractivity contribution in [1.29, 1.82) is 0 Å². The van der Waals surface area contributed by atoms with E-state index < -0.39 is 0 Å². The fraction of sp³-hybridized carbons (Fsp3) is 0.559. The molecule has 3 aliphatic rings. The highest BCUT2D eigenvalue weighted by Gasteiger charge is 2.25. The molecule has 1 unspecified atom stereocenters. The molecule has 1 saturated heterocycles. The van der Waals surface area contributed by atoms with Crippen LogP contribution in [-0.4, -0.2) is 62.7 Å². The Kier molecular flexibility index (Phi) is 11.9. The van der Waals surface area contributed by atoms with E-state index in [9.17, 15) is 9.18 Å². The zero-order valence-electron chi connectivity index (χ0n) is 25.0. The summed E-state index contributed by atoms with van der Waals surface area (Å²) in [6.07, 6.45) is 18.6. The molecule has 0 spiro atoms. The van der Waals surface area contributed by atoms with E-state index in [1.807, 2.05) is 12.3 Å². The third kappa shape index (κ3) is 9.22. The van der Waals surface area contributed by atoms with Gasteiger partial charge in [-0.3, -0.25) is 14.8 Å². The number of amides is 1. The monoisotopic (exact) mass is 563 g/mol. The summed E-state index contributed by atoms with van der Waals surface area (Å²) in [5, 5.41) is 0. The van der Waals surface area contributed by atoms with E-state index in [0.29, 0.717) is 24.5 Å². The lowest BCUT2D eigenvalue weighted by Crippen LogP contribution is -2.38. The summed E-state index contributed by atoms with van der Waals surface area (Å²) in [6, 6.07) is 5.26. The molecule has 0 aromatic heterocycles. The first kappa shape index (κ1) is 30.9. The van der Waals surface area contributed by atoms with Crippen LogP contribution in [0.15, 0.2) is 63.4 Å². The zero-order valence-corrected chi connectivity index (χ0v) is 25.0. The minimum absolute atomic E-state index is 0.0754. The van der Waals surface area contributed by atoms with Gasteiger partial charge < -0.3 is 14.4 Å². The van der Waals surface area contributed by atoms with Crippen molar-refractivity contribution in [3.05, 3.63) is 70.4 Å². The molecule has 7 heteroatoms. The number of carbonyl (C=O) groups excluding carboxylic acids is 1. The second kappa shape index (κ2) is 15.8. The molecule has 3 heterocycles. The molecule has 6 nitrogen and oxygen atoms in total. The SMILES string of the molecule is COCCCC1=CC(c2ccc(F)c(C)c2)=NC1CCCC(=O)N1CCC(CCC2=CCCC=C(OC)C=N2)CC1. The Hall–Kier alpha value is -3.06.